The van der Waals surface area contributed by atoms with Crippen molar-refractivity contribution in [2.75, 3.05) is 24.6 Å². The van der Waals surface area contributed by atoms with Crippen molar-refractivity contribution in [3.8, 4) is 5.75 Å². The molecule has 0 spiro atoms. The molecule has 1 aromatic carbocycles. The lowest BCUT2D eigenvalue weighted by molar-refractivity contribution is -0.125. The molecule has 0 bridgehead atoms. The molecule has 7 heteroatoms. The number of fused-ring (bicyclic) bond motifs is 1. The van der Waals surface area contributed by atoms with E-state index < -0.39 is 0 Å². The molecule has 0 saturated carbocycles. The quantitative estimate of drug-likeness (QED) is 0.696. The first-order valence-corrected chi connectivity index (χ1v) is 10.0. The minimum absolute atomic E-state index is 0.0450. The van der Waals surface area contributed by atoms with Crippen LogP contribution in [-0.2, 0) is 11.3 Å². The van der Waals surface area contributed by atoms with Crippen LogP contribution >= 0.6 is 0 Å². The average Bonchev–Trinajstić information content (AvgIpc) is 2.78. The summed E-state index contributed by atoms with van der Waals surface area (Å²) in [5.74, 6) is 0.872. The number of carbonyl (C=O) groups excluding carboxylic acids is 1. The molecule has 7 nitrogen and oxygen atoms in total. The first-order chi connectivity index (χ1) is 14.2. The van der Waals surface area contributed by atoms with Crippen LogP contribution in [-0.4, -0.2) is 40.6 Å². The summed E-state index contributed by atoms with van der Waals surface area (Å²) in [5, 5.41) is 3.08. The number of rotatable bonds is 6. The molecule has 1 fully saturated rings. The molecule has 1 aliphatic rings. The fraction of sp³-hybridized carbons (Fsp3) is 0.364. The topological polar surface area (TPSA) is 80.2 Å². The molecular formula is C22H25N5O2. The number of nitrogens with one attached hydrogen (secondary N) is 1. The van der Waals surface area contributed by atoms with Gasteiger partial charge in [-0.25, -0.2) is 9.97 Å². The third-order valence-electron chi connectivity index (χ3n) is 5.14. The molecule has 1 amide bonds. The van der Waals surface area contributed by atoms with Gasteiger partial charge in [-0.3, -0.25) is 9.78 Å². The Morgan fingerprint density at radius 2 is 2.14 bits per heavy atom. The highest BCUT2D eigenvalue weighted by Gasteiger charge is 2.26. The van der Waals surface area contributed by atoms with Crippen LogP contribution in [0.5, 0.6) is 5.75 Å². The van der Waals surface area contributed by atoms with Gasteiger partial charge in [-0.2, -0.15) is 0 Å². The van der Waals surface area contributed by atoms with Gasteiger partial charge in [0, 0.05) is 32.0 Å². The second kappa shape index (κ2) is 8.86. The van der Waals surface area contributed by atoms with Crippen LogP contribution in [0.2, 0.25) is 0 Å². The van der Waals surface area contributed by atoms with Crippen molar-refractivity contribution in [1.82, 2.24) is 20.3 Å². The second-order valence-corrected chi connectivity index (χ2v) is 7.18. The number of amides is 1. The standard InChI is InChI=1S/C22H25N5O2/c1-2-29-19-7-3-5-16(11-19)13-26-22(28)17-6-4-10-27(15-17)18-12-20-21(25-14-18)24-9-8-23-20/h3,5,7-9,11-12,14,17H,2,4,6,10,13,15H2,1H3,(H,26,28)/t17-/m0/s1. The zero-order valence-corrected chi connectivity index (χ0v) is 16.5. The summed E-state index contributed by atoms with van der Waals surface area (Å²) >= 11 is 0. The molecule has 4 rings (SSSR count). The number of ether oxygens (including phenoxy) is 1. The average molecular weight is 391 g/mol. The fourth-order valence-electron chi connectivity index (χ4n) is 3.69. The summed E-state index contributed by atoms with van der Waals surface area (Å²) < 4.78 is 5.53. The third-order valence-corrected chi connectivity index (χ3v) is 5.14. The molecule has 2 aromatic heterocycles. The SMILES string of the molecule is CCOc1cccc(CNC(=O)[C@H]2CCCN(c3cnc4nccnc4c3)C2)c1. The lowest BCUT2D eigenvalue weighted by Gasteiger charge is -2.33. The van der Waals surface area contributed by atoms with E-state index >= 15 is 0 Å². The van der Waals surface area contributed by atoms with Gasteiger partial charge in [-0.05, 0) is 43.5 Å². The molecule has 0 radical (unpaired) electrons. The van der Waals surface area contributed by atoms with Crippen molar-refractivity contribution in [3.63, 3.8) is 0 Å². The van der Waals surface area contributed by atoms with Crippen molar-refractivity contribution in [2.24, 2.45) is 5.92 Å². The zero-order chi connectivity index (χ0) is 20.1. The van der Waals surface area contributed by atoms with Gasteiger partial charge < -0.3 is 15.0 Å². The summed E-state index contributed by atoms with van der Waals surface area (Å²) in [6.45, 7) is 4.68. The van der Waals surface area contributed by atoms with Crippen LogP contribution in [0.15, 0.2) is 48.9 Å². The maximum Gasteiger partial charge on any atom is 0.225 e. The van der Waals surface area contributed by atoms with Crippen LogP contribution in [0.1, 0.15) is 25.3 Å². The Morgan fingerprint density at radius 3 is 3.03 bits per heavy atom. The Balaban J connectivity index is 1.38. The van der Waals surface area contributed by atoms with Gasteiger partial charge in [0.15, 0.2) is 5.65 Å². The highest BCUT2D eigenvalue weighted by Crippen LogP contribution is 2.24. The molecule has 29 heavy (non-hydrogen) atoms. The van der Waals surface area contributed by atoms with Gasteiger partial charge in [0.2, 0.25) is 5.91 Å². The Morgan fingerprint density at radius 1 is 1.24 bits per heavy atom. The largest absolute Gasteiger partial charge is 0.494 e. The van der Waals surface area contributed by atoms with Crippen molar-refractivity contribution < 1.29 is 9.53 Å². The van der Waals surface area contributed by atoms with Crippen molar-refractivity contribution in [2.45, 2.75) is 26.3 Å². The number of aromatic nitrogens is 3. The van der Waals surface area contributed by atoms with Gasteiger partial charge in [-0.1, -0.05) is 12.1 Å². The minimum atomic E-state index is -0.0450. The molecule has 1 atom stereocenters. The van der Waals surface area contributed by atoms with Crippen LogP contribution in [0.3, 0.4) is 0 Å². The number of hydrogen-bond acceptors (Lipinski definition) is 6. The number of anilines is 1. The highest BCUT2D eigenvalue weighted by atomic mass is 16.5. The van der Waals surface area contributed by atoms with Gasteiger partial charge >= 0.3 is 0 Å². The van der Waals surface area contributed by atoms with Gasteiger partial charge in [0.1, 0.15) is 11.3 Å². The van der Waals surface area contributed by atoms with E-state index in [2.05, 4.69) is 25.2 Å². The lowest BCUT2D eigenvalue weighted by Crippen LogP contribution is -2.43. The predicted molar refractivity (Wildman–Crippen MR) is 112 cm³/mol. The number of benzene rings is 1. The van der Waals surface area contributed by atoms with E-state index in [0.717, 1.165) is 41.9 Å². The van der Waals surface area contributed by atoms with E-state index in [4.69, 9.17) is 4.74 Å². The number of piperidine rings is 1. The summed E-state index contributed by atoms with van der Waals surface area (Å²) in [5.41, 5.74) is 3.43. The minimum Gasteiger partial charge on any atom is -0.494 e. The molecule has 0 unspecified atom stereocenters. The molecule has 150 valence electrons. The Labute approximate surface area is 170 Å². The molecule has 1 saturated heterocycles. The molecule has 0 aliphatic carbocycles. The van der Waals surface area contributed by atoms with E-state index in [1.54, 1.807) is 12.4 Å². The van der Waals surface area contributed by atoms with E-state index in [-0.39, 0.29) is 11.8 Å². The number of pyridine rings is 1. The monoisotopic (exact) mass is 391 g/mol. The fourth-order valence-corrected chi connectivity index (χ4v) is 3.69. The highest BCUT2D eigenvalue weighted by molar-refractivity contribution is 5.80. The number of carbonyl (C=O) groups is 1. The third kappa shape index (κ3) is 4.62. The van der Waals surface area contributed by atoms with E-state index in [1.807, 2.05) is 43.5 Å². The van der Waals surface area contributed by atoms with Crippen LogP contribution in [0, 0.1) is 5.92 Å². The lowest BCUT2D eigenvalue weighted by atomic mass is 9.96. The van der Waals surface area contributed by atoms with Crippen molar-refractivity contribution in [1.29, 1.82) is 0 Å². The maximum absolute atomic E-state index is 12.8. The molecule has 3 aromatic rings. The summed E-state index contributed by atoms with van der Waals surface area (Å²) in [7, 11) is 0. The van der Waals surface area contributed by atoms with Crippen LogP contribution < -0.4 is 15.0 Å². The number of nitrogens with zero attached hydrogens (tertiary/aromatic N) is 4. The maximum atomic E-state index is 12.8. The molecular weight excluding hydrogens is 366 g/mol. The smallest absolute Gasteiger partial charge is 0.225 e. The summed E-state index contributed by atoms with van der Waals surface area (Å²) in [6, 6.07) is 9.84. The molecule has 1 aliphatic heterocycles. The summed E-state index contributed by atoms with van der Waals surface area (Å²) in [6.07, 6.45) is 6.98. The van der Waals surface area contributed by atoms with Gasteiger partial charge in [-0.15, -0.1) is 0 Å². The Hall–Kier alpha value is -3.22. The van der Waals surface area contributed by atoms with E-state index in [1.165, 1.54) is 0 Å². The van der Waals surface area contributed by atoms with Crippen LogP contribution in [0.25, 0.3) is 11.2 Å². The Kier molecular flexibility index (Phi) is 5.84. The second-order valence-electron chi connectivity index (χ2n) is 7.18. The first kappa shape index (κ1) is 19.1. The van der Waals surface area contributed by atoms with E-state index in [0.29, 0.717) is 25.3 Å². The van der Waals surface area contributed by atoms with E-state index in [9.17, 15) is 4.79 Å². The summed E-state index contributed by atoms with van der Waals surface area (Å²) in [4.78, 5) is 27.9. The predicted octanol–water partition coefficient (Wildman–Crippen LogP) is 2.96. The normalized spacial score (nSPS) is 16.6. The number of hydrogen-bond donors (Lipinski definition) is 1. The zero-order valence-electron chi connectivity index (χ0n) is 16.5. The first-order valence-electron chi connectivity index (χ1n) is 10.0. The van der Waals surface area contributed by atoms with Gasteiger partial charge in [0.05, 0.1) is 24.4 Å². The Bertz CT molecular complexity index is 994. The molecule has 1 N–H and O–H groups in total. The van der Waals surface area contributed by atoms with Crippen molar-refractivity contribution in [3.05, 3.63) is 54.5 Å². The van der Waals surface area contributed by atoms with Gasteiger partial charge in [0.25, 0.3) is 0 Å². The van der Waals surface area contributed by atoms with Crippen molar-refractivity contribution >= 4 is 22.8 Å². The van der Waals surface area contributed by atoms with Crippen LogP contribution in [0.4, 0.5) is 5.69 Å². The molecule has 3 heterocycles.